The van der Waals surface area contributed by atoms with E-state index in [1.165, 1.54) is 5.69 Å². The summed E-state index contributed by atoms with van der Waals surface area (Å²) in [7, 11) is 0. The van der Waals surface area contributed by atoms with Crippen molar-refractivity contribution >= 4 is 17.5 Å². The van der Waals surface area contributed by atoms with Crippen molar-refractivity contribution in [2.75, 3.05) is 26.3 Å². The van der Waals surface area contributed by atoms with E-state index in [2.05, 4.69) is 29.9 Å². The van der Waals surface area contributed by atoms with Crippen LogP contribution < -0.4 is 5.32 Å². The molecule has 1 saturated heterocycles. The van der Waals surface area contributed by atoms with Gasteiger partial charge in [0.1, 0.15) is 0 Å². The summed E-state index contributed by atoms with van der Waals surface area (Å²) in [5.74, 6) is 0.528. The molecule has 0 unspecified atom stereocenters. The van der Waals surface area contributed by atoms with Crippen molar-refractivity contribution in [1.82, 2.24) is 20.0 Å². The predicted octanol–water partition coefficient (Wildman–Crippen LogP) is 3.31. The molecule has 1 N–H and O–H groups in total. The molecule has 0 saturated carbocycles. The predicted molar refractivity (Wildman–Crippen MR) is 118 cm³/mol. The molecule has 1 aliphatic heterocycles. The number of amides is 1. The lowest BCUT2D eigenvalue weighted by molar-refractivity contribution is 0.0297. The number of carbonyl (C=O) groups excluding carboxylic acids is 1. The number of morpholine rings is 1. The van der Waals surface area contributed by atoms with Gasteiger partial charge >= 0.3 is 0 Å². The number of carbonyl (C=O) groups is 1. The Morgan fingerprint density at radius 1 is 1.30 bits per heavy atom. The Kier molecular flexibility index (Phi) is 6.76. The molecule has 2 heterocycles. The maximum atomic E-state index is 13.3. The third-order valence-corrected chi connectivity index (χ3v) is 6.29. The van der Waals surface area contributed by atoms with Crippen molar-refractivity contribution in [3.05, 3.63) is 51.8 Å². The topological polar surface area (TPSA) is 59.4 Å². The van der Waals surface area contributed by atoms with Crippen LogP contribution in [0.4, 0.5) is 0 Å². The van der Waals surface area contributed by atoms with Crippen molar-refractivity contribution in [3.63, 3.8) is 0 Å². The smallest absolute Gasteiger partial charge is 0.274 e. The number of benzene rings is 1. The Morgan fingerprint density at radius 3 is 2.80 bits per heavy atom. The second kappa shape index (κ2) is 9.50. The first-order chi connectivity index (χ1) is 14.5. The first-order valence-corrected chi connectivity index (χ1v) is 11.3. The molecule has 0 radical (unpaired) electrons. The number of rotatable bonds is 6. The molecule has 1 aromatic heterocycles. The molecule has 7 heteroatoms. The minimum absolute atomic E-state index is 0.0452. The number of nitrogens with one attached hydrogen (secondary N) is 1. The number of halogens is 1. The molecule has 0 bridgehead atoms. The summed E-state index contributed by atoms with van der Waals surface area (Å²) in [6, 6.07) is 8.24. The lowest BCUT2D eigenvalue weighted by atomic mass is 9.90. The van der Waals surface area contributed by atoms with Crippen LogP contribution in [0.1, 0.15) is 47.6 Å². The molecule has 1 amide bonds. The number of hydrogen-bond donors (Lipinski definition) is 1. The van der Waals surface area contributed by atoms with Crippen LogP contribution in [0, 0.1) is 5.92 Å². The van der Waals surface area contributed by atoms with Crippen molar-refractivity contribution in [1.29, 1.82) is 0 Å². The highest BCUT2D eigenvalue weighted by atomic mass is 35.5. The normalized spacial score (nSPS) is 19.2. The number of ether oxygens (including phenoxy) is 1. The van der Waals surface area contributed by atoms with Gasteiger partial charge < -0.3 is 15.0 Å². The maximum absolute atomic E-state index is 13.3. The van der Waals surface area contributed by atoms with Gasteiger partial charge in [-0.3, -0.25) is 9.48 Å². The highest BCUT2D eigenvalue weighted by molar-refractivity contribution is 6.31. The molecular weight excluding hydrogens is 400 g/mol. The quantitative estimate of drug-likeness (QED) is 0.763. The third kappa shape index (κ3) is 4.71. The van der Waals surface area contributed by atoms with E-state index >= 15 is 0 Å². The molecule has 1 aromatic carbocycles. The summed E-state index contributed by atoms with van der Waals surface area (Å²) < 4.78 is 7.50. The van der Waals surface area contributed by atoms with Crippen molar-refractivity contribution < 1.29 is 9.53 Å². The van der Waals surface area contributed by atoms with E-state index < -0.39 is 0 Å². The van der Waals surface area contributed by atoms with Gasteiger partial charge in [-0.05, 0) is 36.8 Å². The van der Waals surface area contributed by atoms with Crippen molar-refractivity contribution in [3.8, 4) is 0 Å². The van der Waals surface area contributed by atoms with Crippen LogP contribution in [0.2, 0.25) is 5.02 Å². The van der Waals surface area contributed by atoms with Gasteiger partial charge in [-0.25, -0.2) is 0 Å². The SMILES string of the molecule is CC(C)Cn1nc(C(=O)N2CCOCC2)c2c1CC[C@@H](NCc1ccccc1Cl)C2. The summed E-state index contributed by atoms with van der Waals surface area (Å²) in [5, 5.41) is 9.25. The van der Waals surface area contributed by atoms with E-state index in [-0.39, 0.29) is 5.91 Å². The minimum Gasteiger partial charge on any atom is -0.378 e. The molecular formula is C23H31ClN4O2. The molecule has 4 rings (SSSR count). The van der Waals surface area contributed by atoms with Crippen LogP contribution in [0.3, 0.4) is 0 Å². The number of aromatic nitrogens is 2. The average molecular weight is 431 g/mol. The zero-order chi connectivity index (χ0) is 21.1. The van der Waals surface area contributed by atoms with Gasteiger partial charge in [0.2, 0.25) is 0 Å². The van der Waals surface area contributed by atoms with Gasteiger partial charge in [0.25, 0.3) is 5.91 Å². The fourth-order valence-electron chi connectivity index (χ4n) is 4.34. The highest BCUT2D eigenvalue weighted by Crippen LogP contribution is 2.27. The zero-order valence-electron chi connectivity index (χ0n) is 17.9. The Hall–Kier alpha value is -1.89. The average Bonchev–Trinajstić information content (AvgIpc) is 3.10. The lowest BCUT2D eigenvalue weighted by Gasteiger charge is -2.28. The van der Waals surface area contributed by atoms with E-state index in [0.717, 1.165) is 48.5 Å². The van der Waals surface area contributed by atoms with Gasteiger partial charge in [-0.1, -0.05) is 43.6 Å². The molecule has 1 aliphatic carbocycles. The van der Waals surface area contributed by atoms with Crippen molar-refractivity contribution in [2.45, 2.75) is 52.2 Å². The Balaban J connectivity index is 1.53. The Labute approximate surface area is 183 Å². The summed E-state index contributed by atoms with van der Waals surface area (Å²) in [6.45, 7) is 8.43. The molecule has 1 atom stereocenters. The minimum atomic E-state index is 0.0452. The van der Waals surface area contributed by atoms with E-state index in [1.54, 1.807) is 0 Å². The Bertz CT molecular complexity index is 889. The van der Waals surface area contributed by atoms with Gasteiger partial charge in [0, 0.05) is 48.5 Å². The fourth-order valence-corrected chi connectivity index (χ4v) is 4.55. The van der Waals surface area contributed by atoms with Gasteiger partial charge in [-0.15, -0.1) is 0 Å². The van der Waals surface area contributed by atoms with Crippen LogP contribution >= 0.6 is 11.6 Å². The third-order valence-electron chi connectivity index (χ3n) is 5.92. The molecule has 162 valence electrons. The Morgan fingerprint density at radius 2 is 2.07 bits per heavy atom. The standard InChI is InChI=1S/C23H31ClN4O2/c1-16(2)15-28-21-8-7-18(25-14-17-5-3-4-6-20(17)24)13-19(21)22(26-28)23(29)27-9-11-30-12-10-27/h3-6,16,18,25H,7-15H2,1-2H3/t18-/m1/s1. The van der Waals surface area contributed by atoms with E-state index in [9.17, 15) is 4.79 Å². The van der Waals surface area contributed by atoms with Gasteiger partial charge in [0.15, 0.2) is 5.69 Å². The molecule has 2 aliphatic rings. The molecule has 6 nitrogen and oxygen atoms in total. The fraction of sp³-hybridized carbons (Fsp3) is 0.565. The number of fused-ring (bicyclic) bond motifs is 1. The molecule has 1 fully saturated rings. The highest BCUT2D eigenvalue weighted by Gasteiger charge is 2.31. The van der Waals surface area contributed by atoms with Crippen LogP contribution in [0.15, 0.2) is 24.3 Å². The van der Waals surface area contributed by atoms with E-state index in [0.29, 0.717) is 44.0 Å². The van der Waals surface area contributed by atoms with E-state index in [4.69, 9.17) is 21.4 Å². The van der Waals surface area contributed by atoms with Crippen LogP contribution in [-0.4, -0.2) is 52.9 Å². The summed E-state index contributed by atoms with van der Waals surface area (Å²) in [6.07, 6.45) is 2.79. The van der Waals surface area contributed by atoms with Crippen LogP contribution in [0.25, 0.3) is 0 Å². The summed E-state index contributed by atoms with van der Waals surface area (Å²) in [4.78, 5) is 15.1. The van der Waals surface area contributed by atoms with Crippen LogP contribution in [0.5, 0.6) is 0 Å². The molecule has 0 spiro atoms. The second-order valence-electron chi connectivity index (χ2n) is 8.67. The molecule has 30 heavy (non-hydrogen) atoms. The number of hydrogen-bond acceptors (Lipinski definition) is 4. The van der Waals surface area contributed by atoms with E-state index in [1.807, 2.05) is 23.1 Å². The second-order valence-corrected chi connectivity index (χ2v) is 9.07. The summed E-state index contributed by atoms with van der Waals surface area (Å²) >= 11 is 6.31. The summed E-state index contributed by atoms with van der Waals surface area (Å²) in [5.41, 5.74) is 4.09. The maximum Gasteiger partial charge on any atom is 0.274 e. The molecule has 2 aromatic rings. The first kappa shape index (κ1) is 21.3. The largest absolute Gasteiger partial charge is 0.378 e. The number of nitrogens with zero attached hydrogens (tertiary/aromatic N) is 3. The van der Waals surface area contributed by atoms with Gasteiger partial charge in [0.05, 0.1) is 13.2 Å². The van der Waals surface area contributed by atoms with Crippen molar-refractivity contribution in [2.24, 2.45) is 5.92 Å². The van der Waals surface area contributed by atoms with Gasteiger partial charge in [-0.2, -0.15) is 5.10 Å². The monoisotopic (exact) mass is 430 g/mol. The van der Waals surface area contributed by atoms with Crippen LogP contribution in [-0.2, 0) is 30.7 Å². The zero-order valence-corrected chi connectivity index (χ0v) is 18.6. The lowest BCUT2D eigenvalue weighted by Crippen LogP contribution is -2.41. The first-order valence-electron chi connectivity index (χ1n) is 10.9.